The second kappa shape index (κ2) is 13.5. The van der Waals surface area contributed by atoms with Crippen LogP contribution in [-0.4, -0.2) is 15.0 Å². The molecular weight excluding hydrogens is 655 g/mol. The van der Waals surface area contributed by atoms with Crippen LogP contribution in [0.1, 0.15) is 43.2 Å². The lowest BCUT2D eigenvalue weighted by molar-refractivity contribution is 0.353. The highest BCUT2D eigenvalue weighted by Crippen LogP contribution is 2.56. The number of aromatic nitrogens is 3. The van der Waals surface area contributed by atoms with E-state index in [9.17, 15) is 0 Å². The summed E-state index contributed by atoms with van der Waals surface area (Å²) in [5, 5.41) is 0. The Bertz CT molecular complexity index is 2590. The summed E-state index contributed by atoms with van der Waals surface area (Å²) in [5.74, 6) is 1.97. The number of rotatable bonds is 6. The second-order valence-electron chi connectivity index (χ2n) is 14.7. The van der Waals surface area contributed by atoms with E-state index >= 15 is 0 Å². The maximum Gasteiger partial charge on any atom is 0.164 e. The minimum absolute atomic E-state index is 0.163. The molecule has 3 heteroatoms. The molecule has 10 rings (SSSR count). The van der Waals surface area contributed by atoms with Crippen LogP contribution in [0.2, 0.25) is 0 Å². The summed E-state index contributed by atoms with van der Waals surface area (Å²) in [6, 6.07) is 62.9. The Morgan fingerprint density at radius 2 is 0.667 bits per heavy atom. The van der Waals surface area contributed by atoms with Gasteiger partial charge >= 0.3 is 0 Å². The maximum absolute atomic E-state index is 5.00. The fraction of sp³-hybridized carbons (Fsp3) is 0.118. The van der Waals surface area contributed by atoms with Gasteiger partial charge < -0.3 is 0 Å². The van der Waals surface area contributed by atoms with E-state index in [1.54, 1.807) is 0 Å². The highest BCUT2D eigenvalue weighted by molar-refractivity contribution is 5.84. The van der Waals surface area contributed by atoms with Gasteiger partial charge in [0.05, 0.1) is 0 Å². The van der Waals surface area contributed by atoms with Gasteiger partial charge in [-0.05, 0) is 74.5 Å². The molecule has 0 N–H and O–H groups in total. The molecule has 3 nitrogen and oxygen atoms in total. The van der Waals surface area contributed by atoms with Crippen LogP contribution in [0.5, 0.6) is 0 Å². The summed E-state index contributed by atoms with van der Waals surface area (Å²) in [5.41, 5.74) is 16.2. The highest BCUT2D eigenvalue weighted by atomic mass is 15.0. The zero-order valence-corrected chi connectivity index (χ0v) is 30.1. The molecule has 258 valence electrons. The Balaban J connectivity index is 0.942. The van der Waals surface area contributed by atoms with Gasteiger partial charge in [-0.25, -0.2) is 15.0 Å². The van der Waals surface area contributed by atoms with Crippen LogP contribution < -0.4 is 0 Å². The molecule has 2 aliphatic carbocycles. The SMILES string of the molecule is c1ccc(-c2ccc(-c3nc(-c4ccccc4)nc(-c4ccc(-c5ccc(-c6ccc7c(c6)C6(CCCCC6)c6ccccc6-7)cc5)cc4)n3)cc2)cc1. The van der Waals surface area contributed by atoms with Crippen LogP contribution >= 0.6 is 0 Å². The van der Waals surface area contributed by atoms with Crippen molar-refractivity contribution in [1.29, 1.82) is 0 Å². The molecule has 54 heavy (non-hydrogen) atoms. The summed E-state index contributed by atoms with van der Waals surface area (Å²) < 4.78 is 0. The van der Waals surface area contributed by atoms with Crippen LogP contribution in [-0.2, 0) is 5.41 Å². The number of hydrogen-bond donors (Lipinski definition) is 0. The molecule has 0 atom stereocenters. The number of nitrogens with zero attached hydrogens (tertiary/aromatic N) is 3. The smallest absolute Gasteiger partial charge is 0.164 e. The van der Waals surface area contributed by atoms with Gasteiger partial charge in [0.15, 0.2) is 17.5 Å². The largest absolute Gasteiger partial charge is 0.208 e. The van der Waals surface area contributed by atoms with Gasteiger partial charge in [-0.1, -0.05) is 189 Å². The van der Waals surface area contributed by atoms with Crippen molar-refractivity contribution in [2.24, 2.45) is 0 Å². The molecular formula is C51H39N3. The first-order chi connectivity index (χ1) is 26.7. The lowest BCUT2D eigenvalue weighted by Crippen LogP contribution is -2.28. The van der Waals surface area contributed by atoms with Gasteiger partial charge in [-0.15, -0.1) is 0 Å². The van der Waals surface area contributed by atoms with Gasteiger partial charge in [-0.3, -0.25) is 0 Å². The van der Waals surface area contributed by atoms with Gasteiger partial charge in [0.2, 0.25) is 0 Å². The Hall–Kier alpha value is -6.45. The highest BCUT2D eigenvalue weighted by Gasteiger charge is 2.43. The number of hydrogen-bond acceptors (Lipinski definition) is 3. The Kier molecular flexibility index (Phi) is 8.06. The van der Waals surface area contributed by atoms with E-state index in [-0.39, 0.29) is 5.41 Å². The van der Waals surface area contributed by atoms with Crippen LogP contribution in [0.25, 0.3) is 78.7 Å². The summed E-state index contributed by atoms with van der Waals surface area (Å²) in [6.45, 7) is 0. The van der Waals surface area contributed by atoms with E-state index in [2.05, 4.69) is 140 Å². The molecule has 1 spiro atoms. The Morgan fingerprint density at radius 1 is 0.296 bits per heavy atom. The molecule has 1 saturated carbocycles. The first-order valence-electron chi connectivity index (χ1n) is 19.1. The average molecular weight is 694 g/mol. The molecule has 1 heterocycles. The molecule has 0 aliphatic heterocycles. The fourth-order valence-electron chi connectivity index (χ4n) is 8.79. The normalized spacial score (nSPS) is 14.1. The zero-order chi connectivity index (χ0) is 35.9. The molecule has 0 saturated heterocycles. The number of fused-ring (bicyclic) bond motifs is 5. The molecule has 8 aromatic rings. The maximum atomic E-state index is 5.00. The molecule has 1 aromatic heterocycles. The summed E-state index contributed by atoms with van der Waals surface area (Å²) >= 11 is 0. The van der Waals surface area contributed by atoms with Crippen molar-refractivity contribution in [2.75, 3.05) is 0 Å². The third-order valence-electron chi connectivity index (χ3n) is 11.6. The third kappa shape index (κ3) is 5.74. The van der Waals surface area contributed by atoms with E-state index in [1.807, 2.05) is 36.4 Å². The third-order valence-corrected chi connectivity index (χ3v) is 11.6. The minimum Gasteiger partial charge on any atom is -0.208 e. The van der Waals surface area contributed by atoms with E-state index in [1.165, 1.54) is 76.6 Å². The topological polar surface area (TPSA) is 38.7 Å². The van der Waals surface area contributed by atoms with E-state index < -0.39 is 0 Å². The van der Waals surface area contributed by atoms with Crippen molar-refractivity contribution >= 4 is 0 Å². The van der Waals surface area contributed by atoms with Crippen molar-refractivity contribution in [3.63, 3.8) is 0 Å². The standard InChI is InChI=1S/C51H39N3/c1-4-12-35(13-5-1)36-22-26-41(27-23-36)49-52-48(40-14-6-2-7-15-40)53-50(54-49)42-28-24-38(25-29-42)37-18-20-39(21-19-37)43-30-31-45-44-16-8-9-17-46(44)51(47(45)34-43)32-10-3-11-33-51/h1-2,4-9,12-31,34H,3,10-11,32-33H2. The van der Waals surface area contributed by atoms with E-state index in [4.69, 9.17) is 15.0 Å². The van der Waals surface area contributed by atoms with E-state index in [0.717, 1.165) is 27.8 Å². The van der Waals surface area contributed by atoms with Crippen molar-refractivity contribution in [3.05, 3.63) is 187 Å². The van der Waals surface area contributed by atoms with Gasteiger partial charge in [-0.2, -0.15) is 0 Å². The lowest BCUT2D eigenvalue weighted by Gasteiger charge is -2.36. The Labute approximate surface area is 317 Å². The first kappa shape index (κ1) is 32.2. The van der Waals surface area contributed by atoms with Crippen LogP contribution in [0.4, 0.5) is 0 Å². The van der Waals surface area contributed by atoms with Gasteiger partial charge in [0, 0.05) is 22.1 Å². The van der Waals surface area contributed by atoms with Gasteiger partial charge in [0.1, 0.15) is 0 Å². The molecule has 0 unspecified atom stereocenters. The lowest BCUT2D eigenvalue weighted by atomic mass is 9.67. The predicted octanol–water partition coefficient (Wildman–Crippen LogP) is 13.1. The summed E-state index contributed by atoms with van der Waals surface area (Å²) in [6.07, 6.45) is 6.44. The van der Waals surface area contributed by atoms with Crippen LogP contribution in [0, 0.1) is 0 Å². The molecule has 2 aliphatic rings. The zero-order valence-electron chi connectivity index (χ0n) is 30.1. The van der Waals surface area contributed by atoms with Crippen molar-refractivity contribution < 1.29 is 0 Å². The van der Waals surface area contributed by atoms with Crippen molar-refractivity contribution in [1.82, 2.24) is 15.0 Å². The van der Waals surface area contributed by atoms with Crippen LogP contribution in [0.3, 0.4) is 0 Å². The number of benzene rings is 7. The quantitative estimate of drug-likeness (QED) is 0.174. The average Bonchev–Trinajstić information content (AvgIpc) is 3.52. The van der Waals surface area contributed by atoms with Crippen molar-refractivity contribution in [2.45, 2.75) is 37.5 Å². The monoisotopic (exact) mass is 693 g/mol. The molecule has 0 amide bonds. The first-order valence-corrected chi connectivity index (χ1v) is 19.1. The fourth-order valence-corrected chi connectivity index (χ4v) is 8.79. The van der Waals surface area contributed by atoms with Crippen molar-refractivity contribution in [3.8, 4) is 78.7 Å². The summed E-state index contributed by atoms with van der Waals surface area (Å²) in [4.78, 5) is 14.9. The summed E-state index contributed by atoms with van der Waals surface area (Å²) in [7, 11) is 0. The molecule has 0 radical (unpaired) electrons. The second-order valence-corrected chi connectivity index (χ2v) is 14.7. The molecule has 0 bridgehead atoms. The van der Waals surface area contributed by atoms with Crippen LogP contribution in [0.15, 0.2) is 176 Å². The minimum atomic E-state index is 0.163. The van der Waals surface area contributed by atoms with Gasteiger partial charge in [0.25, 0.3) is 0 Å². The molecule has 7 aromatic carbocycles. The predicted molar refractivity (Wildman–Crippen MR) is 222 cm³/mol. The Morgan fingerprint density at radius 3 is 1.20 bits per heavy atom. The van der Waals surface area contributed by atoms with E-state index in [0.29, 0.717) is 17.5 Å². The molecule has 1 fully saturated rings.